The van der Waals surface area contributed by atoms with Crippen molar-refractivity contribution in [1.29, 1.82) is 5.26 Å². The third-order valence-corrected chi connectivity index (χ3v) is 4.42. The lowest BCUT2D eigenvalue weighted by molar-refractivity contribution is 0.429. The van der Waals surface area contributed by atoms with Gasteiger partial charge in [-0.25, -0.2) is 4.68 Å². The largest absolute Gasteiger partial charge is 0.216 e. The molecule has 0 unspecified atom stereocenters. The van der Waals surface area contributed by atoms with Crippen molar-refractivity contribution in [2.24, 2.45) is 0 Å². The molecular weight excluding hydrogens is 284 g/mol. The number of hydrogen-bond donors (Lipinski definition) is 0. The van der Waals surface area contributed by atoms with Gasteiger partial charge in [0.2, 0.25) is 0 Å². The summed E-state index contributed by atoms with van der Waals surface area (Å²) < 4.78 is 1.83. The van der Waals surface area contributed by atoms with E-state index >= 15 is 0 Å². The Labute approximate surface area is 129 Å². The summed E-state index contributed by atoms with van der Waals surface area (Å²) in [4.78, 5) is 0. The zero-order valence-corrected chi connectivity index (χ0v) is 12.8. The zero-order valence-electron chi connectivity index (χ0n) is 12.0. The second-order valence-electron chi connectivity index (χ2n) is 5.61. The minimum absolute atomic E-state index is 0.374. The van der Waals surface area contributed by atoms with E-state index in [0.29, 0.717) is 16.6 Å². The Morgan fingerprint density at radius 1 is 1.29 bits per heavy atom. The molecule has 0 spiro atoms. The number of nitriles is 1. The molecule has 1 saturated carbocycles. The predicted molar refractivity (Wildman–Crippen MR) is 81.6 cm³/mol. The Morgan fingerprint density at radius 3 is 2.71 bits per heavy atom. The normalized spacial score (nSPS) is 15.9. The van der Waals surface area contributed by atoms with Crippen LogP contribution in [0, 0.1) is 18.3 Å². The van der Waals surface area contributed by atoms with Crippen molar-refractivity contribution >= 4 is 11.6 Å². The molecule has 108 valence electrons. The first-order chi connectivity index (χ1) is 10.2. The van der Waals surface area contributed by atoms with Gasteiger partial charge in [-0.1, -0.05) is 36.1 Å². The molecule has 1 aromatic heterocycles. The van der Waals surface area contributed by atoms with Crippen molar-refractivity contribution in [3.8, 4) is 11.8 Å². The summed E-state index contributed by atoms with van der Waals surface area (Å²) in [5, 5.41) is 18.3. The molecule has 1 aliphatic rings. The molecule has 1 aliphatic carbocycles. The average Bonchev–Trinajstić information content (AvgIpc) is 2.92. The third-order valence-electron chi connectivity index (χ3n) is 4.19. The van der Waals surface area contributed by atoms with Crippen LogP contribution in [0.1, 0.15) is 55.0 Å². The SMILES string of the molecule is Cc1cc(Cl)ccc1-n1nnc(C#N)c1C1CCCCC1. The Bertz CT molecular complexity index is 693. The predicted octanol–water partition coefficient (Wildman–Crippen LogP) is 4.15. The van der Waals surface area contributed by atoms with E-state index in [-0.39, 0.29) is 0 Å². The lowest BCUT2D eigenvalue weighted by atomic mass is 9.86. The Kier molecular flexibility index (Phi) is 3.94. The van der Waals surface area contributed by atoms with Gasteiger partial charge in [0.15, 0.2) is 5.69 Å². The highest BCUT2D eigenvalue weighted by molar-refractivity contribution is 6.30. The summed E-state index contributed by atoms with van der Waals surface area (Å²) in [5.74, 6) is 0.374. The second kappa shape index (κ2) is 5.87. The molecule has 4 nitrogen and oxygen atoms in total. The molecule has 0 atom stereocenters. The van der Waals surface area contributed by atoms with E-state index in [9.17, 15) is 5.26 Å². The summed E-state index contributed by atoms with van der Waals surface area (Å²) in [6.07, 6.45) is 5.91. The molecule has 0 N–H and O–H groups in total. The van der Waals surface area contributed by atoms with E-state index in [1.807, 2.05) is 29.8 Å². The van der Waals surface area contributed by atoms with E-state index in [2.05, 4.69) is 16.4 Å². The van der Waals surface area contributed by atoms with Crippen LogP contribution in [0.4, 0.5) is 0 Å². The number of benzene rings is 1. The van der Waals surface area contributed by atoms with Crippen LogP contribution in [-0.2, 0) is 0 Å². The topological polar surface area (TPSA) is 54.5 Å². The maximum atomic E-state index is 9.34. The number of nitrogens with zero attached hydrogens (tertiary/aromatic N) is 4. The van der Waals surface area contributed by atoms with E-state index in [1.54, 1.807) is 0 Å². The second-order valence-corrected chi connectivity index (χ2v) is 6.05. The molecule has 0 aliphatic heterocycles. The maximum Gasteiger partial charge on any atom is 0.186 e. The van der Waals surface area contributed by atoms with Crippen molar-refractivity contribution in [2.45, 2.75) is 44.9 Å². The Hall–Kier alpha value is -1.86. The molecule has 5 heteroatoms. The van der Waals surface area contributed by atoms with Crippen molar-refractivity contribution in [2.75, 3.05) is 0 Å². The van der Waals surface area contributed by atoms with Gasteiger partial charge in [0.05, 0.1) is 11.4 Å². The molecule has 0 amide bonds. The van der Waals surface area contributed by atoms with Crippen LogP contribution in [0.3, 0.4) is 0 Å². The number of aromatic nitrogens is 3. The lowest BCUT2D eigenvalue weighted by Gasteiger charge is -2.22. The monoisotopic (exact) mass is 300 g/mol. The van der Waals surface area contributed by atoms with Gasteiger partial charge in [-0.3, -0.25) is 0 Å². The van der Waals surface area contributed by atoms with Crippen LogP contribution in [0.15, 0.2) is 18.2 Å². The average molecular weight is 301 g/mol. The first-order valence-electron chi connectivity index (χ1n) is 7.33. The fraction of sp³-hybridized carbons (Fsp3) is 0.438. The van der Waals surface area contributed by atoms with Gasteiger partial charge < -0.3 is 0 Å². The van der Waals surface area contributed by atoms with Crippen molar-refractivity contribution < 1.29 is 0 Å². The molecule has 1 fully saturated rings. The zero-order chi connectivity index (χ0) is 14.8. The van der Waals surface area contributed by atoms with Crippen LogP contribution >= 0.6 is 11.6 Å². The molecule has 21 heavy (non-hydrogen) atoms. The van der Waals surface area contributed by atoms with Gasteiger partial charge in [-0.15, -0.1) is 5.10 Å². The van der Waals surface area contributed by atoms with Gasteiger partial charge in [-0.05, 0) is 43.5 Å². The first kappa shape index (κ1) is 14.1. The first-order valence-corrected chi connectivity index (χ1v) is 7.70. The maximum absolute atomic E-state index is 9.34. The van der Waals surface area contributed by atoms with E-state index in [4.69, 9.17) is 11.6 Å². The molecule has 1 heterocycles. The summed E-state index contributed by atoms with van der Waals surface area (Å²) in [7, 11) is 0. The molecule has 2 aromatic rings. The van der Waals surface area contributed by atoms with Crippen LogP contribution in [-0.4, -0.2) is 15.0 Å². The summed E-state index contributed by atoms with van der Waals surface area (Å²) >= 11 is 6.03. The number of hydrogen-bond acceptors (Lipinski definition) is 3. The van der Waals surface area contributed by atoms with Gasteiger partial charge >= 0.3 is 0 Å². The van der Waals surface area contributed by atoms with Crippen molar-refractivity contribution in [1.82, 2.24) is 15.0 Å². The minimum Gasteiger partial charge on any atom is -0.216 e. The highest BCUT2D eigenvalue weighted by atomic mass is 35.5. The highest BCUT2D eigenvalue weighted by Gasteiger charge is 2.25. The van der Waals surface area contributed by atoms with Gasteiger partial charge in [-0.2, -0.15) is 5.26 Å². The molecule has 3 rings (SSSR count). The van der Waals surface area contributed by atoms with Gasteiger partial charge in [0.1, 0.15) is 6.07 Å². The van der Waals surface area contributed by atoms with Crippen LogP contribution < -0.4 is 0 Å². The third kappa shape index (κ3) is 2.66. The molecule has 0 radical (unpaired) electrons. The van der Waals surface area contributed by atoms with Gasteiger partial charge in [0.25, 0.3) is 0 Å². The van der Waals surface area contributed by atoms with Crippen molar-refractivity contribution in [3.05, 3.63) is 40.2 Å². The number of rotatable bonds is 2. The quantitative estimate of drug-likeness (QED) is 0.837. The molecule has 0 bridgehead atoms. The lowest BCUT2D eigenvalue weighted by Crippen LogP contribution is -2.13. The molecule has 0 saturated heterocycles. The standard InChI is InChI=1S/C16H17ClN4/c1-11-9-13(17)7-8-15(11)21-16(14(10-18)19-20-21)12-5-3-2-4-6-12/h7-9,12H,2-6H2,1H3. The summed E-state index contributed by atoms with van der Waals surface area (Å²) in [6, 6.07) is 7.90. The number of aryl methyl sites for hydroxylation is 1. The number of halogens is 1. The molecular formula is C16H17ClN4. The van der Waals surface area contributed by atoms with E-state index < -0.39 is 0 Å². The van der Waals surface area contributed by atoms with Crippen molar-refractivity contribution in [3.63, 3.8) is 0 Å². The molecule has 1 aromatic carbocycles. The van der Waals surface area contributed by atoms with E-state index in [0.717, 1.165) is 29.8 Å². The fourth-order valence-corrected chi connectivity index (χ4v) is 3.37. The Morgan fingerprint density at radius 2 is 2.05 bits per heavy atom. The summed E-state index contributed by atoms with van der Waals surface area (Å²) in [5.41, 5.74) is 3.40. The highest BCUT2D eigenvalue weighted by Crippen LogP contribution is 2.35. The van der Waals surface area contributed by atoms with Crippen LogP contribution in [0.2, 0.25) is 5.02 Å². The smallest absolute Gasteiger partial charge is 0.186 e. The Balaban J connectivity index is 2.10. The summed E-state index contributed by atoms with van der Waals surface area (Å²) in [6.45, 7) is 2.00. The fourth-order valence-electron chi connectivity index (χ4n) is 3.15. The van der Waals surface area contributed by atoms with Crippen LogP contribution in [0.5, 0.6) is 0 Å². The van der Waals surface area contributed by atoms with Gasteiger partial charge in [0, 0.05) is 10.9 Å². The minimum atomic E-state index is 0.374. The van der Waals surface area contributed by atoms with Crippen LogP contribution in [0.25, 0.3) is 5.69 Å². The van der Waals surface area contributed by atoms with E-state index in [1.165, 1.54) is 19.3 Å².